The lowest BCUT2D eigenvalue weighted by Gasteiger charge is -2.09. The van der Waals surface area contributed by atoms with Crippen molar-refractivity contribution in [2.75, 3.05) is 5.32 Å². The summed E-state index contributed by atoms with van der Waals surface area (Å²) in [6.45, 7) is 6.09. The van der Waals surface area contributed by atoms with Crippen LogP contribution in [0.15, 0.2) is 40.8 Å². The maximum Gasteiger partial charge on any atom is 0.226 e. The smallest absolute Gasteiger partial charge is 0.226 e. The number of carbonyl (C=O) groups excluding carboxylic acids is 1. The molecule has 0 saturated carbocycles. The number of nitrogens with zero attached hydrogens (tertiary/aromatic N) is 1. The molecule has 6 heteroatoms. The van der Waals surface area contributed by atoms with Gasteiger partial charge in [-0.2, -0.15) is 0 Å². The predicted molar refractivity (Wildman–Crippen MR) is 112 cm³/mol. The summed E-state index contributed by atoms with van der Waals surface area (Å²) in [5.74, 6) is 0.617. The van der Waals surface area contributed by atoms with Crippen LogP contribution in [0.1, 0.15) is 42.3 Å². The molecule has 1 amide bonds. The number of aryl methyl sites for hydroxylation is 2. The van der Waals surface area contributed by atoms with Crippen molar-refractivity contribution in [2.24, 2.45) is 0 Å². The van der Waals surface area contributed by atoms with Crippen molar-refractivity contribution in [2.45, 2.75) is 40.0 Å². The molecule has 0 saturated heterocycles. The Morgan fingerprint density at radius 1 is 1.15 bits per heavy atom. The zero-order valence-corrected chi connectivity index (χ0v) is 16.6. The molecule has 2 N–H and O–H groups in total. The highest BCUT2D eigenvalue weighted by atomic mass is 32.1. The van der Waals surface area contributed by atoms with E-state index in [1.54, 1.807) is 0 Å². The summed E-state index contributed by atoms with van der Waals surface area (Å²) in [6.07, 6.45) is 1.87. The van der Waals surface area contributed by atoms with Crippen LogP contribution in [0.3, 0.4) is 0 Å². The number of hydrogen-bond acceptors (Lipinski definition) is 4. The van der Waals surface area contributed by atoms with Gasteiger partial charge in [-0.25, -0.2) is 4.98 Å². The second-order valence-electron chi connectivity index (χ2n) is 6.64. The number of thiocarbonyl (C=S) groups is 1. The number of carbonyl (C=O) groups is 1. The van der Waals surface area contributed by atoms with Gasteiger partial charge in [-0.1, -0.05) is 19.1 Å². The van der Waals surface area contributed by atoms with Crippen LogP contribution in [0.25, 0.3) is 11.1 Å². The maximum absolute atomic E-state index is 11.6. The summed E-state index contributed by atoms with van der Waals surface area (Å²) in [5, 5.41) is 5.99. The Bertz CT molecular complexity index is 938. The van der Waals surface area contributed by atoms with Gasteiger partial charge in [-0.3, -0.25) is 4.79 Å². The summed E-state index contributed by atoms with van der Waals surface area (Å²) in [5.41, 5.74) is 6.02. The van der Waals surface area contributed by atoms with Crippen molar-refractivity contribution in [1.29, 1.82) is 0 Å². The summed E-state index contributed by atoms with van der Waals surface area (Å²) in [4.78, 5) is 16.1. The van der Waals surface area contributed by atoms with Crippen molar-refractivity contribution in [3.05, 3.63) is 59.0 Å². The molecule has 5 nitrogen and oxygen atoms in total. The van der Waals surface area contributed by atoms with Gasteiger partial charge in [0.15, 0.2) is 16.6 Å². The van der Waals surface area contributed by atoms with Crippen LogP contribution in [0, 0.1) is 13.8 Å². The van der Waals surface area contributed by atoms with Gasteiger partial charge in [0, 0.05) is 18.5 Å². The third-order valence-electron chi connectivity index (χ3n) is 4.35. The Labute approximate surface area is 164 Å². The first-order chi connectivity index (χ1) is 12.9. The lowest BCUT2D eigenvalue weighted by Crippen LogP contribution is -2.33. The van der Waals surface area contributed by atoms with Gasteiger partial charge >= 0.3 is 0 Å². The molecule has 27 heavy (non-hydrogen) atoms. The lowest BCUT2D eigenvalue weighted by molar-refractivity contribution is -0.119. The molecule has 0 spiro atoms. The van der Waals surface area contributed by atoms with E-state index >= 15 is 0 Å². The molecular formula is C21H23N3O2S. The molecule has 0 radical (unpaired) electrons. The number of rotatable bonds is 5. The number of nitrogens with one attached hydrogen (secondary N) is 2. The summed E-state index contributed by atoms with van der Waals surface area (Å²) >= 11 is 5.15. The quantitative estimate of drug-likeness (QED) is 0.630. The van der Waals surface area contributed by atoms with Gasteiger partial charge in [0.1, 0.15) is 5.52 Å². The Morgan fingerprint density at radius 2 is 1.85 bits per heavy atom. The van der Waals surface area contributed by atoms with E-state index in [1.807, 2.05) is 37.3 Å². The normalized spacial score (nSPS) is 10.8. The van der Waals surface area contributed by atoms with Crippen LogP contribution in [-0.4, -0.2) is 16.0 Å². The number of hydrogen-bond donors (Lipinski definition) is 2. The minimum Gasteiger partial charge on any atom is -0.440 e. The van der Waals surface area contributed by atoms with E-state index in [1.165, 1.54) is 11.1 Å². The standard InChI is InChI=1S/C21H23N3O2S/c1-4-5-19(25)24-21(27)22-16-8-6-15(7-9-16)12-20-23-17-10-13(2)14(3)11-18(17)26-20/h6-11H,4-5,12H2,1-3H3,(H2,22,24,25,27). The molecule has 140 valence electrons. The number of aromatic nitrogens is 1. The SMILES string of the molecule is CCCC(=O)NC(=S)Nc1ccc(Cc2nc3cc(C)c(C)cc3o2)cc1. The third-order valence-corrected chi connectivity index (χ3v) is 4.55. The minimum absolute atomic E-state index is 0.0759. The highest BCUT2D eigenvalue weighted by Gasteiger charge is 2.09. The minimum atomic E-state index is -0.0759. The Hall–Kier alpha value is -2.73. The molecule has 0 atom stereocenters. The molecule has 1 aromatic heterocycles. The fourth-order valence-corrected chi connectivity index (χ4v) is 2.99. The van der Waals surface area contributed by atoms with Crippen LogP contribution < -0.4 is 10.6 Å². The highest BCUT2D eigenvalue weighted by molar-refractivity contribution is 7.80. The van der Waals surface area contributed by atoms with Gasteiger partial charge in [-0.05, 0) is 73.4 Å². The highest BCUT2D eigenvalue weighted by Crippen LogP contribution is 2.22. The largest absolute Gasteiger partial charge is 0.440 e. The molecule has 0 aliphatic heterocycles. The Balaban J connectivity index is 1.64. The summed E-state index contributed by atoms with van der Waals surface area (Å²) in [7, 11) is 0. The number of oxazole rings is 1. The van der Waals surface area contributed by atoms with Gasteiger partial charge in [0.25, 0.3) is 0 Å². The molecule has 0 fully saturated rings. The van der Waals surface area contributed by atoms with Crippen molar-refractivity contribution in [3.63, 3.8) is 0 Å². The van der Waals surface area contributed by atoms with Gasteiger partial charge in [0.05, 0.1) is 0 Å². The first-order valence-electron chi connectivity index (χ1n) is 9.01. The van der Waals surface area contributed by atoms with E-state index in [-0.39, 0.29) is 5.91 Å². The molecule has 2 aromatic carbocycles. The maximum atomic E-state index is 11.6. The first kappa shape index (κ1) is 19.0. The van der Waals surface area contributed by atoms with Gasteiger partial charge in [0.2, 0.25) is 5.91 Å². The molecule has 0 unspecified atom stereocenters. The van der Waals surface area contributed by atoms with Gasteiger partial charge < -0.3 is 15.1 Å². The zero-order chi connectivity index (χ0) is 19.4. The van der Waals surface area contributed by atoms with Crippen molar-refractivity contribution >= 4 is 40.0 Å². The topological polar surface area (TPSA) is 67.2 Å². The summed E-state index contributed by atoms with van der Waals surface area (Å²) in [6, 6.07) is 11.9. The average molecular weight is 382 g/mol. The summed E-state index contributed by atoms with van der Waals surface area (Å²) < 4.78 is 5.87. The van der Waals surface area contributed by atoms with E-state index < -0.39 is 0 Å². The van der Waals surface area contributed by atoms with E-state index in [9.17, 15) is 4.79 Å². The molecule has 0 aliphatic rings. The fraction of sp³-hybridized carbons (Fsp3) is 0.286. The lowest BCUT2D eigenvalue weighted by atomic mass is 10.1. The number of anilines is 1. The second kappa shape index (κ2) is 8.31. The van der Waals surface area contributed by atoms with Crippen LogP contribution in [0.4, 0.5) is 5.69 Å². The Morgan fingerprint density at radius 3 is 2.56 bits per heavy atom. The van der Waals surface area contributed by atoms with E-state index in [2.05, 4.69) is 35.5 Å². The van der Waals surface area contributed by atoms with Crippen LogP contribution >= 0.6 is 12.2 Å². The van der Waals surface area contributed by atoms with Crippen LogP contribution in [0.2, 0.25) is 0 Å². The van der Waals surface area contributed by atoms with Crippen molar-refractivity contribution < 1.29 is 9.21 Å². The van der Waals surface area contributed by atoms with E-state index in [4.69, 9.17) is 16.6 Å². The predicted octanol–water partition coefficient (Wildman–Crippen LogP) is 4.65. The van der Waals surface area contributed by atoms with Gasteiger partial charge in [-0.15, -0.1) is 0 Å². The third kappa shape index (κ3) is 4.92. The molecule has 3 rings (SSSR count). The fourth-order valence-electron chi connectivity index (χ4n) is 2.76. The number of fused-ring (bicyclic) bond motifs is 1. The molecular weight excluding hydrogens is 358 g/mol. The molecule has 1 heterocycles. The average Bonchev–Trinajstić information content (AvgIpc) is 2.98. The van der Waals surface area contributed by atoms with E-state index in [0.29, 0.717) is 23.8 Å². The molecule has 0 bridgehead atoms. The number of amides is 1. The van der Waals surface area contributed by atoms with Crippen LogP contribution in [0.5, 0.6) is 0 Å². The monoisotopic (exact) mass is 381 g/mol. The Kier molecular flexibility index (Phi) is 5.86. The number of benzene rings is 2. The van der Waals surface area contributed by atoms with Crippen molar-refractivity contribution in [3.8, 4) is 0 Å². The molecule has 0 aliphatic carbocycles. The molecule has 3 aromatic rings. The van der Waals surface area contributed by atoms with Crippen molar-refractivity contribution in [1.82, 2.24) is 10.3 Å². The zero-order valence-electron chi connectivity index (χ0n) is 15.8. The van der Waals surface area contributed by atoms with E-state index in [0.717, 1.165) is 28.8 Å². The second-order valence-corrected chi connectivity index (χ2v) is 7.05. The van der Waals surface area contributed by atoms with Crippen LogP contribution in [-0.2, 0) is 11.2 Å². The first-order valence-corrected chi connectivity index (χ1v) is 9.42.